The number of phosphoric acid groups is 1. The Balaban J connectivity index is 0.000000372. The number of nitrogens with zero attached hydrogens (tertiary/aromatic N) is 2. The van der Waals surface area contributed by atoms with Crippen LogP contribution in [0, 0.1) is 17.2 Å². The molecule has 2 heterocycles. The maximum atomic E-state index is 12.1. The second kappa shape index (κ2) is 11.6. The number of aliphatic hydroxyl groups excluding tert-OH is 1. The Morgan fingerprint density at radius 1 is 1.35 bits per heavy atom. The number of rotatable bonds is 4. The number of carbonyl (C=O) groups excluding carboxylic acids is 1. The Kier molecular flexibility index (Phi) is 10.1. The maximum Gasteiger partial charge on any atom is 0.469 e. The highest BCUT2D eigenvalue weighted by Gasteiger charge is 2.39. The molecule has 9 nitrogen and oxygen atoms in total. The van der Waals surface area contributed by atoms with Gasteiger partial charge in [0.1, 0.15) is 11.4 Å². The van der Waals surface area contributed by atoms with Crippen molar-refractivity contribution >= 4 is 13.7 Å². The van der Waals surface area contributed by atoms with Crippen molar-refractivity contribution < 1.29 is 33.5 Å². The minimum atomic E-state index is -4.22. The zero-order chi connectivity index (χ0) is 23.8. The summed E-state index contributed by atoms with van der Waals surface area (Å²) in [4.78, 5) is 30.3. The van der Waals surface area contributed by atoms with Crippen molar-refractivity contribution in [1.29, 1.82) is 5.26 Å². The average Bonchev–Trinajstić information content (AvgIpc) is 3.12. The molecule has 1 atom stereocenters. The van der Waals surface area contributed by atoms with Crippen LogP contribution in [-0.4, -0.2) is 51.6 Å². The Labute approximate surface area is 183 Å². The minimum absolute atomic E-state index is 0.0250. The summed E-state index contributed by atoms with van der Waals surface area (Å²) in [6, 6.07) is 7.66. The van der Waals surface area contributed by atoms with Gasteiger partial charge in [0.25, 0.3) is 0 Å². The second-order valence-corrected chi connectivity index (χ2v) is 9.56. The zero-order valence-electron chi connectivity index (χ0n) is 18.7. The number of ether oxygens (including phenoxy) is 1. The van der Waals surface area contributed by atoms with Crippen LogP contribution in [0.1, 0.15) is 64.1 Å². The third-order valence-corrected chi connectivity index (χ3v) is 5.12. The maximum absolute atomic E-state index is 12.1. The molecule has 1 aromatic rings. The van der Waals surface area contributed by atoms with Crippen molar-refractivity contribution in [2.45, 2.75) is 58.6 Å². The number of amides is 1. The number of nitriles is 1. The van der Waals surface area contributed by atoms with Gasteiger partial charge in [0.05, 0.1) is 24.3 Å². The van der Waals surface area contributed by atoms with E-state index in [9.17, 15) is 9.36 Å². The Hall–Kier alpha value is -1.95. The van der Waals surface area contributed by atoms with Crippen molar-refractivity contribution in [2.24, 2.45) is 5.92 Å². The largest absolute Gasteiger partial charge is 0.487 e. The molecule has 1 aromatic carbocycles. The van der Waals surface area contributed by atoms with Crippen molar-refractivity contribution in [2.75, 3.05) is 20.3 Å². The van der Waals surface area contributed by atoms with Crippen molar-refractivity contribution in [3.63, 3.8) is 0 Å². The first kappa shape index (κ1) is 27.1. The summed E-state index contributed by atoms with van der Waals surface area (Å²) in [7, 11) is -3.22. The lowest BCUT2D eigenvalue weighted by atomic mass is 9.88. The van der Waals surface area contributed by atoms with Gasteiger partial charge in [-0.05, 0) is 44.4 Å². The van der Waals surface area contributed by atoms with E-state index in [1.807, 2.05) is 44.7 Å². The summed E-state index contributed by atoms with van der Waals surface area (Å²) >= 11 is 0. The first-order valence-electron chi connectivity index (χ1n) is 10.1. The van der Waals surface area contributed by atoms with Crippen LogP contribution < -0.4 is 4.74 Å². The number of benzene rings is 1. The first-order valence-corrected chi connectivity index (χ1v) is 11.6. The fourth-order valence-electron chi connectivity index (χ4n) is 3.41. The molecule has 0 unspecified atom stereocenters. The van der Waals surface area contributed by atoms with Gasteiger partial charge in [0.2, 0.25) is 5.91 Å². The SMILES string of the molecule is CC(C)COP(=O)(O)O.CC1(C)C[C@H](N2CCCC2=O)c2cc(C#N)ccc2O1.CO. The molecule has 2 aliphatic rings. The van der Waals surface area contributed by atoms with Crippen molar-refractivity contribution in [3.05, 3.63) is 29.3 Å². The van der Waals surface area contributed by atoms with Gasteiger partial charge in [-0.15, -0.1) is 0 Å². The zero-order valence-corrected chi connectivity index (χ0v) is 19.6. The molecule has 2 aliphatic heterocycles. The topological polar surface area (TPSA) is 140 Å². The molecule has 0 spiro atoms. The van der Waals surface area contributed by atoms with Crippen LogP contribution in [0.2, 0.25) is 0 Å². The summed E-state index contributed by atoms with van der Waals surface area (Å²) < 4.78 is 20.2. The van der Waals surface area contributed by atoms with Crippen LogP contribution in [0.15, 0.2) is 18.2 Å². The van der Waals surface area contributed by atoms with Gasteiger partial charge in [-0.1, -0.05) is 13.8 Å². The van der Waals surface area contributed by atoms with Crippen LogP contribution in [0.25, 0.3) is 0 Å². The number of carbonyl (C=O) groups is 1. The van der Waals surface area contributed by atoms with Crippen LogP contribution in [0.4, 0.5) is 0 Å². The van der Waals surface area contributed by atoms with E-state index in [1.165, 1.54) is 0 Å². The molecule has 1 saturated heterocycles. The Bertz CT molecular complexity index is 830. The summed E-state index contributed by atoms with van der Waals surface area (Å²) in [6.07, 6.45) is 2.32. The van der Waals surface area contributed by atoms with Crippen molar-refractivity contribution in [3.8, 4) is 11.8 Å². The van der Waals surface area contributed by atoms with E-state index in [0.29, 0.717) is 12.0 Å². The highest BCUT2D eigenvalue weighted by molar-refractivity contribution is 7.46. The first-order chi connectivity index (χ1) is 14.4. The second-order valence-electron chi connectivity index (χ2n) is 8.32. The molecule has 1 amide bonds. The van der Waals surface area contributed by atoms with Gasteiger partial charge in [0.15, 0.2) is 0 Å². The molecule has 0 bridgehead atoms. The predicted molar refractivity (Wildman–Crippen MR) is 115 cm³/mol. The third kappa shape index (κ3) is 8.60. The molecule has 0 saturated carbocycles. The Morgan fingerprint density at radius 2 is 2.00 bits per heavy atom. The lowest BCUT2D eigenvalue weighted by Gasteiger charge is -2.41. The molecule has 0 radical (unpaired) electrons. The summed E-state index contributed by atoms with van der Waals surface area (Å²) in [5, 5.41) is 16.1. The fraction of sp³-hybridized carbons (Fsp3) is 0.619. The molecule has 3 rings (SSSR count). The quantitative estimate of drug-likeness (QED) is 0.587. The minimum Gasteiger partial charge on any atom is -0.487 e. The summed E-state index contributed by atoms with van der Waals surface area (Å²) in [5.74, 6) is 1.16. The molecule has 0 aromatic heterocycles. The monoisotopic (exact) mass is 456 g/mol. The van der Waals surface area contributed by atoms with Gasteiger partial charge < -0.3 is 24.5 Å². The highest BCUT2D eigenvalue weighted by Crippen LogP contribution is 2.44. The predicted octanol–water partition coefficient (Wildman–Crippen LogP) is 3.14. The van der Waals surface area contributed by atoms with E-state index in [0.717, 1.165) is 37.8 Å². The molecule has 3 N–H and O–H groups in total. The lowest BCUT2D eigenvalue weighted by molar-refractivity contribution is -0.131. The third-order valence-electron chi connectivity index (χ3n) is 4.63. The number of fused-ring (bicyclic) bond motifs is 1. The van der Waals surface area contributed by atoms with Crippen LogP contribution in [0.3, 0.4) is 0 Å². The van der Waals surface area contributed by atoms with E-state index in [-0.39, 0.29) is 30.1 Å². The molecule has 31 heavy (non-hydrogen) atoms. The number of hydrogen-bond donors (Lipinski definition) is 3. The molecular formula is C21H33N2O7P. The Morgan fingerprint density at radius 3 is 2.45 bits per heavy atom. The molecule has 10 heteroatoms. The van der Waals surface area contributed by atoms with E-state index in [1.54, 1.807) is 6.07 Å². The molecular weight excluding hydrogens is 423 g/mol. The number of likely N-dealkylation sites (tertiary alicyclic amines) is 1. The van der Waals surface area contributed by atoms with Gasteiger partial charge in [-0.25, -0.2) is 4.57 Å². The molecule has 0 aliphatic carbocycles. The van der Waals surface area contributed by atoms with Crippen LogP contribution >= 0.6 is 7.82 Å². The standard InChI is InChI=1S/C16H18N2O2.C4H11O4P.CH4O/c1-16(2)9-13(18-7-3-4-15(18)19)12-8-11(10-17)5-6-14(12)20-16;1-4(2)3-8-9(5,6)7;1-2/h5-6,8,13H,3-4,7,9H2,1-2H3;4H,3H2,1-2H3,(H2,5,6,7);2H,1H3/t13-;;/m0../s1. The fourth-order valence-corrected chi connectivity index (χ4v) is 3.90. The number of hydrogen-bond acceptors (Lipinski definition) is 6. The van der Waals surface area contributed by atoms with Gasteiger partial charge in [-0.3, -0.25) is 9.32 Å². The van der Waals surface area contributed by atoms with Crippen LogP contribution in [0.5, 0.6) is 5.75 Å². The summed E-state index contributed by atoms with van der Waals surface area (Å²) in [5.41, 5.74) is 1.29. The molecule has 174 valence electrons. The van der Waals surface area contributed by atoms with Gasteiger partial charge >= 0.3 is 7.82 Å². The van der Waals surface area contributed by atoms with E-state index in [2.05, 4.69) is 10.6 Å². The molecule has 1 fully saturated rings. The normalized spacial score (nSPS) is 19.3. The smallest absolute Gasteiger partial charge is 0.469 e. The van der Waals surface area contributed by atoms with E-state index in [4.69, 9.17) is 24.9 Å². The van der Waals surface area contributed by atoms with Gasteiger partial charge in [0, 0.05) is 32.1 Å². The number of aliphatic hydroxyl groups is 1. The van der Waals surface area contributed by atoms with E-state index < -0.39 is 7.82 Å². The van der Waals surface area contributed by atoms with E-state index >= 15 is 0 Å². The van der Waals surface area contributed by atoms with Gasteiger partial charge in [-0.2, -0.15) is 5.26 Å². The lowest BCUT2D eigenvalue weighted by Crippen LogP contribution is -2.42. The number of phosphoric ester groups is 1. The highest BCUT2D eigenvalue weighted by atomic mass is 31.2. The average molecular weight is 456 g/mol. The van der Waals surface area contributed by atoms with Crippen molar-refractivity contribution in [1.82, 2.24) is 4.90 Å². The summed E-state index contributed by atoms with van der Waals surface area (Å²) in [6.45, 7) is 8.62. The van der Waals surface area contributed by atoms with Crippen LogP contribution in [-0.2, 0) is 13.9 Å².